The van der Waals surface area contributed by atoms with Crippen molar-refractivity contribution in [2.24, 2.45) is 0 Å². The second-order valence-electron chi connectivity index (χ2n) is 5.93. The minimum Gasteiger partial charge on any atom is -0.494 e. The zero-order valence-electron chi connectivity index (χ0n) is 13.2. The summed E-state index contributed by atoms with van der Waals surface area (Å²) in [5, 5.41) is 10.4. The number of rotatable bonds is 5. The maximum Gasteiger partial charge on any atom is 0.170 e. The summed E-state index contributed by atoms with van der Waals surface area (Å²) in [5.41, 5.74) is 0.928. The van der Waals surface area contributed by atoms with Crippen LogP contribution in [0.25, 0.3) is 0 Å². The van der Waals surface area contributed by atoms with E-state index in [-0.39, 0.29) is 5.79 Å². The third-order valence-corrected chi connectivity index (χ3v) is 4.44. The van der Waals surface area contributed by atoms with Crippen molar-refractivity contribution in [2.75, 3.05) is 39.5 Å². The summed E-state index contributed by atoms with van der Waals surface area (Å²) in [7, 11) is 0. The molecule has 0 saturated carbocycles. The van der Waals surface area contributed by atoms with E-state index < -0.39 is 6.10 Å². The molecule has 2 aliphatic heterocycles. The normalized spacial score (nSPS) is 22.8. The zero-order chi connectivity index (χ0) is 15.4. The van der Waals surface area contributed by atoms with Gasteiger partial charge in [0, 0.05) is 32.5 Å². The highest BCUT2D eigenvalue weighted by Crippen LogP contribution is 2.32. The maximum absolute atomic E-state index is 10.4. The van der Waals surface area contributed by atoms with Gasteiger partial charge in [-0.15, -0.1) is 0 Å². The molecule has 0 amide bonds. The lowest BCUT2D eigenvalue weighted by Crippen LogP contribution is -2.46. The molecule has 1 aromatic rings. The Bertz CT molecular complexity index is 460. The number of ether oxygens (including phenoxy) is 3. The Morgan fingerprint density at radius 3 is 2.41 bits per heavy atom. The predicted molar refractivity (Wildman–Crippen MR) is 82.9 cm³/mol. The van der Waals surface area contributed by atoms with Crippen molar-refractivity contribution >= 4 is 0 Å². The molecule has 22 heavy (non-hydrogen) atoms. The molecule has 1 unspecified atom stereocenters. The molecule has 0 bridgehead atoms. The van der Waals surface area contributed by atoms with Gasteiger partial charge in [0.15, 0.2) is 5.79 Å². The Labute approximate surface area is 131 Å². The first kappa shape index (κ1) is 15.7. The van der Waals surface area contributed by atoms with E-state index in [1.807, 2.05) is 31.2 Å². The van der Waals surface area contributed by atoms with Crippen LogP contribution >= 0.6 is 0 Å². The molecule has 2 fully saturated rings. The van der Waals surface area contributed by atoms with Gasteiger partial charge in [0.2, 0.25) is 0 Å². The number of aliphatic hydroxyl groups excluding tert-OH is 1. The van der Waals surface area contributed by atoms with Crippen LogP contribution < -0.4 is 4.74 Å². The smallest absolute Gasteiger partial charge is 0.170 e. The van der Waals surface area contributed by atoms with Gasteiger partial charge in [-0.3, -0.25) is 0 Å². The van der Waals surface area contributed by atoms with Gasteiger partial charge in [0.25, 0.3) is 0 Å². The summed E-state index contributed by atoms with van der Waals surface area (Å²) < 4.78 is 16.9. The maximum atomic E-state index is 10.4. The van der Waals surface area contributed by atoms with E-state index >= 15 is 0 Å². The molecular formula is C17H25NO4. The lowest BCUT2D eigenvalue weighted by molar-refractivity contribution is -0.186. The highest BCUT2D eigenvalue weighted by atomic mass is 16.7. The molecule has 1 atom stereocenters. The second kappa shape index (κ2) is 6.96. The SMILES string of the molecule is CCOc1ccc(C(O)CN2CCC3(CC2)OCCO3)cc1. The van der Waals surface area contributed by atoms with E-state index in [1.54, 1.807) is 0 Å². The zero-order valence-corrected chi connectivity index (χ0v) is 13.2. The Hall–Kier alpha value is -1.14. The highest BCUT2D eigenvalue weighted by molar-refractivity contribution is 5.28. The predicted octanol–water partition coefficient (Wildman–Crippen LogP) is 1.96. The molecular weight excluding hydrogens is 282 g/mol. The fraction of sp³-hybridized carbons (Fsp3) is 0.647. The van der Waals surface area contributed by atoms with E-state index in [2.05, 4.69) is 4.90 Å². The summed E-state index contributed by atoms with van der Waals surface area (Å²) >= 11 is 0. The van der Waals surface area contributed by atoms with E-state index in [0.29, 0.717) is 26.4 Å². The van der Waals surface area contributed by atoms with Crippen molar-refractivity contribution in [3.05, 3.63) is 29.8 Å². The molecule has 5 heteroatoms. The standard InChI is InChI=1S/C17H25NO4/c1-2-20-15-5-3-14(4-6-15)16(19)13-18-9-7-17(8-10-18)21-11-12-22-17/h3-6,16,19H,2,7-13H2,1H3. The van der Waals surface area contributed by atoms with E-state index in [4.69, 9.17) is 14.2 Å². The molecule has 1 spiro atoms. The van der Waals surface area contributed by atoms with Gasteiger partial charge in [-0.25, -0.2) is 0 Å². The number of likely N-dealkylation sites (tertiary alicyclic amines) is 1. The van der Waals surface area contributed by atoms with Gasteiger partial charge in [-0.05, 0) is 24.6 Å². The first-order chi connectivity index (χ1) is 10.7. The number of hydrogen-bond acceptors (Lipinski definition) is 5. The van der Waals surface area contributed by atoms with Gasteiger partial charge in [-0.2, -0.15) is 0 Å². The molecule has 2 saturated heterocycles. The molecule has 3 rings (SSSR count). The van der Waals surface area contributed by atoms with Crippen LogP contribution in [0.2, 0.25) is 0 Å². The topological polar surface area (TPSA) is 51.2 Å². The number of hydrogen-bond donors (Lipinski definition) is 1. The van der Waals surface area contributed by atoms with Crippen molar-refractivity contribution in [1.29, 1.82) is 0 Å². The first-order valence-electron chi connectivity index (χ1n) is 8.12. The first-order valence-corrected chi connectivity index (χ1v) is 8.12. The highest BCUT2D eigenvalue weighted by Gasteiger charge is 2.39. The number of aliphatic hydroxyl groups is 1. The number of β-amino-alcohol motifs (C(OH)–C–C–N with tert-alkyl or cyclic N) is 1. The molecule has 1 aromatic carbocycles. The summed E-state index contributed by atoms with van der Waals surface area (Å²) in [4.78, 5) is 2.28. The monoisotopic (exact) mass is 307 g/mol. The fourth-order valence-electron chi connectivity index (χ4n) is 3.16. The average Bonchev–Trinajstić information content (AvgIpc) is 2.99. The van der Waals surface area contributed by atoms with Crippen LogP contribution in [-0.2, 0) is 9.47 Å². The van der Waals surface area contributed by atoms with Crippen LogP contribution in [-0.4, -0.2) is 55.2 Å². The molecule has 2 heterocycles. The Balaban J connectivity index is 1.50. The summed E-state index contributed by atoms with van der Waals surface area (Å²) in [6.45, 7) is 6.46. The second-order valence-corrected chi connectivity index (χ2v) is 5.93. The third-order valence-electron chi connectivity index (χ3n) is 4.44. The van der Waals surface area contributed by atoms with Gasteiger partial charge >= 0.3 is 0 Å². The van der Waals surface area contributed by atoms with Crippen molar-refractivity contribution in [2.45, 2.75) is 31.7 Å². The fourth-order valence-corrected chi connectivity index (χ4v) is 3.16. The van der Waals surface area contributed by atoms with E-state index in [9.17, 15) is 5.11 Å². The number of nitrogens with zero attached hydrogens (tertiary/aromatic N) is 1. The Morgan fingerprint density at radius 2 is 1.82 bits per heavy atom. The number of piperidine rings is 1. The van der Waals surface area contributed by atoms with Crippen molar-refractivity contribution in [3.63, 3.8) is 0 Å². The summed E-state index contributed by atoms with van der Waals surface area (Å²) in [6.07, 6.45) is 1.28. The van der Waals surface area contributed by atoms with Crippen LogP contribution in [0.4, 0.5) is 0 Å². The molecule has 0 aliphatic carbocycles. The van der Waals surface area contributed by atoms with E-state index in [1.165, 1.54) is 0 Å². The van der Waals surface area contributed by atoms with Gasteiger partial charge < -0.3 is 24.2 Å². The molecule has 0 aromatic heterocycles. The Kier molecular flexibility index (Phi) is 4.98. The van der Waals surface area contributed by atoms with Crippen molar-refractivity contribution in [3.8, 4) is 5.75 Å². The van der Waals surface area contributed by atoms with Crippen LogP contribution in [0, 0.1) is 0 Å². The number of benzene rings is 1. The molecule has 0 radical (unpaired) electrons. The summed E-state index contributed by atoms with van der Waals surface area (Å²) in [5.74, 6) is 0.495. The minimum atomic E-state index is -0.477. The summed E-state index contributed by atoms with van der Waals surface area (Å²) in [6, 6.07) is 7.69. The quantitative estimate of drug-likeness (QED) is 0.901. The third kappa shape index (κ3) is 3.60. The van der Waals surface area contributed by atoms with Gasteiger partial charge in [0.1, 0.15) is 5.75 Å². The van der Waals surface area contributed by atoms with Crippen molar-refractivity contribution in [1.82, 2.24) is 4.90 Å². The van der Waals surface area contributed by atoms with Crippen LogP contribution in [0.1, 0.15) is 31.4 Å². The minimum absolute atomic E-state index is 0.347. The lowest BCUT2D eigenvalue weighted by Gasteiger charge is -2.38. The molecule has 2 aliphatic rings. The van der Waals surface area contributed by atoms with Crippen LogP contribution in [0.5, 0.6) is 5.75 Å². The molecule has 1 N–H and O–H groups in total. The van der Waals surface area contributed by atoms with E-state index in [0.717, 1.165) is 37.2 Å². The van der Waals surface area contributed by atoms with Crippen LogP contribution in [0.15, 0.2) is 24.3 Å². The van der Waals surface area contributed by atoms with Crippen molar-refractivity contribution < 1.29 is 19.3 Å². The molecule has 122 valence electrons. The largest absolute Gasteiger partial charge is 0.494 e. The van der Waals surface area contributed by atoms with Crippen LogP contribution in [0.3, 0.4) is 0 Å². The van der Waals surface area contributed by atoms with Gasteiger partial charge in [-0.1, -0.05) is 12.1 Å². The molecule has 5 nitrogen and oxygen atoms in total. The lowest BCUT2D eigenvalue weighted by atomic mass is 10.0. The average molecular weight is 307 g/mol. The van der Waals surface area contributed by atoms with Gasteiger partial charge in [0.05, 0.1) is 25.9 Å². The Morgan fingerprint density at radius 1 is 1.18 bits per heavy atom.